The monoisotopic (exact) mass is 241 g/mol. The Labute approximate surface area is 108 Å². The van der Waals surface area contributed by atoms with Gasteiger partial charge in [0.05, 0.1) is 5.52 Å². The Hall–Kier alpha value is -1.61. The molecule has 1 aliphatic carbocycles. The number of nitrogens with zero attached hydrogens (tertiary/aromatic N) is 2. The Morgan fingerprint density at radius 1 is 1.28 bits per heavy atom. The maximum Gasteiger partial charge on any atom is 0.0722 e. The molecule has 1 heterocycles. The Bertz CT molecular complexity index is 529. The highest BCUT2D eigenvalue weighted by atomic mass is 15.2. The van der Waals surface area contributed by atoms with Crippen LogP contribution < -0.4 is 5.32 Å². The first-order valence-electron chi connectivity index (χ1n) is 6.62. The molecule has 18 heavy (non-hydrogen) atoms. The van der Waals surface area contributed by atoms with Crippen LogP contribution in [-0.4, -0.2) is 36.1 Å². The molecular formula is C15H19N3. The summed E-state index contributed by atoms with van der Waals surface area (Å²) in [5.74, 6) is 0. The van der Waals surface area contributed by atoms with Crippen LogP contribution in [-0.2, 0) is 0 Å². The number of anilines is 1. The fourth-order valence-corrected chi connectivity index (χ4v) is 2.31. The molecule has 0 bridgehead atoms. The topological polar surface area (TPSA) is 28.2 Å². The molecule has 0 atom stereocenters. The first-order valence-corrected chi connectivity index (χ1v) is 6.62. The molecule has 0 saturated heterocycles. The van der Waals surface area contributed by atoms with Gasteiger partial charge < -0.3 is 10.2 Å². The van der Waals surface area contributed by atoms with Crippen molar-refractivity contribution in [1.82, 2.24) is 9.88 Å². The van der Waals surface area contributed by atoms with Crippen molar-refractivity contribution in [2.45, 2.75) is 18.9 Å². The third kappa shape index (κ3) is 2.46. The van der Waals surface area contributed by atoms with E-state index in [9.17, 15) is 0 Å². The van der Waals surface area contributed by atoms with Crippen LogP contribution in [0, 0.1) is 0 Å². The molecule has 1 aliphatic rings. The lowest BCUT2D eigenvalue weighted by Crippen LogP contribution is -2.27. The Kier molecular flexibility index (Phi) is 3.15. The van der Waals surface area contributed by atoms with Crippen LogP contribution in [0.15, 0.2) is 36.5 Å². The predicted molar refractivity (Wildman–Crippen MR) is 75.9 cm³/mol. The fourth-order valence-electron chi connectivity index (χ4n) is 2.31. The van der Waals surface area contributed by atoms with Gasteiger partial charge in [-0.25, -0.2) is 0 Å². The van der Waals surface area contributed by atoms with E-state index in [2.05, 4.69) is 46.5 Å². The van der Waals surface area contributed by atoms with Crippen molar-refractivity contribution in [2.75, 3.05) is 25.5 Å². The molecule has 2 aromatic rings. The summed E-state index contributed by atoms with van der Waals surface area (Å²) in [7, 11) is 2.21. The van der Waals surface area contributed by atoms with E-state index >= 15 is 0 Å². The minimum Gasteiger partial charge on any atom is -0.383 e. The van der Waals surface area contributed by atoms with Gasteiger partial charge in [-0.2, -0.15) is 0 Å². The summed E-state index contributed by atoms with van der Waals surface area (Å²) in [6, 6.07) is 11.2. The van der Waals surface area contributed by atoms with Crippen LogP contribution in [0.4, 0.5) is 5.69 Å². The lowest BCUT2D eigenvalue weighted by molar-refractivity contribution is 0.337. The Morgan fingerprint density at radius 2 is 2.11 bits per heavy atom. The summed E-state index contributed by atoms with van der Waals surface area (Å²) < 4.78 is 0. The van der Waals surface area contributed by atoms with E-state index in [1.807, 2.05) is 12.3 Å². The van der Waals surface area contributed by atoms with Crippen LogP contribution in [0.25, 0.3) is 10.9 Å². The largest absolute Gasteiger partial charge is 0.383 e. The highest BCUT2D eigenvalue weighted by Gasteiger charge is 2.25. The summed E-state index contributed by atoms with van der Waals surface area (Å²) in [6.45, 7) is 2.09. The number of benzene rings is 1. The number of hydrogen-bond donors (Lipinski definition) is 1. The molecule has 0 spiro atoms. The molecule has 0 amide bonds. The van der Waals surface area contributed by atoms with E-state index in [0.29, 0.717) is 0 Å². The van der Waals surface area contributed by atoms with Crippen LogP contribution >= 0.6 is 0 Å². The number of hydrogen-bond acceptors (Lipinski definition) is 3. The van der Waals surface area contributed by atoms with E-state index in [4.69, 9.17) is 0 Å². The van der Waals surface area contributed by atoms with Crippen molar-refractivity contribution in [3.63, 3.8) is 0 Å². The van der Waals surface area contributed by atoms with E-state index in [1.165, 1.54) is 23.9 Å². The summed E-state index contributed by atoms with van der Waals surface area (Å²) in [5.41, 5.74) is 2.24. The Balaban J connectivity index is 1.66. The van der Waals surface area contributed by atoms with Crippen molar-refractivity contribution in [3.8, 4) is 0 Å². The number of aromatic nitrogens is 1. The van der Waals surface area contributed by atoms with Crippen LogP contribution in [0.1, 0.15) is 12.8 Å². The average Bonchev–Trinajstić information content (AvgIpc) is 3.23. The van der Waals surface area contributed by atoms with E-state index in [1.54, 1.807) is 0 Å². The standard InChI is InChI=1S/C15H19N3/c1-18(12-6-7-12)11-10-17-15-8-9-16-14-5-3-2-4-13(14)15/h2-5,8-9,12H,6-7,10-11H2,1H3,(H,16,17). The lowest BCUT2D eigenvalue weighted by atomic mass is 10.2. The SMILES string of the molecule is CN(CCNc1ccnc2ccccc12)C1CC1. The third-order valence-electron chi connectivity index (χ3n) is 3.60. The molecule has 1 aromatic heterocycles. The van der Waals surface area contributed by atoms with Crippen molar-refractivity contribution < 1.29 is 0 Å². The van der Waals surface area contributed by atoms with Gasteiger partial charge in [-0.15, -0.1) is 0 Å². The highest BCUT2D eigenvalue weighted by Crippen LogP contribution is 2.25. The molecule has 1 saturated carbocycles. The molecule has 1 aromatic carbocycles. The zero-order chi connectivity index (χ0) is 12.4. The van der Waals surface area contributed by atoms with Gasteiger partial charge >= 0.3 is 0 Å². The molecule has 0 radical (unpaired) electrons. The van der Waals surface area contributed by atoms with E-state index < -0.39 is 0 Å². The van der Waals surface area contributed by atoms with Crippen molar-refractivity contribution in [3.05, 3.63) is 36.5 Å². The van der Waals surface area contributed by atoms with Gasteiger partial charge in [-0.1, -0.05) is 18.2 Å². The zero-order valence-corrected chi connectivity index (χ0v) is 10.8. The Morgan fingerprint density at radius 3 is 2.94 bits per heavy atom. The number of nitrogens with one attached hydrogen (secondary N) is 1. The maximum atomic E-state index is 4.37. The zero-order valence-electron chi connectivity index (χ0n) is 10.8. The smallest absolute Gasteiger partial charge is 0.0722 e. The molecular weight excluding hydrogens is 222 g/mol. The molecule has 3 rings (SSSR count). The lowest BCUT2D eigenvalue weighted by Gasteiger charge is -2.16. The van der Waals surface area contributed by atoms with Crippen molar-refractivity contribution >= 4 is 16.6 Å². The first-order chi connectivity index (χ1) is 8.84. The third-order valence-corrected chi connectivity index (χ3v) is 3.60. The van der Waals surface area contributed by atoms with Crippen molar-refractivity contribution in [2.24, 2.45) is 0 Å². The summed E-state index contributed by atoms with van der Waals surface area (Å²) in [6.07, 6.45) is 4.61. The van der Waals surface area contributed by atoms with Gasteiger partial charge in [0, 0.05) is 36.4 Å². The van der Waals surface area contributed by atoms with Gasteiger partial charge in [0.25, 0.3) is 0 Å². The average molecular weight is 241 g/mol. The number of para-hydroxylation sites is 1. The van der Waals surface area contributed by atoms with E-state index in [-0.39, 0.29) is 0 Å². The van der Waals surface area contributed by atoms with E-state index in [0.717, 1.165) is 24.6 Å². The van der Waals surface area contributed by atoms with Gasteiger partial charge in [-0.05, 0) is 32.0 Å². The molecule has 0 unspecified atom stereocenters. The highest BCUT2D eigenvalue weighted by molar-refractivity contribution is 5.90. The summed E-state index contributed by atoms with van der Waals surface area (Å²) >= 11 is 0. The quantitative estimate of drug-likeness (QED) is 0.872. The number of likely N-dealkylation sites (N-methyl/N-ethyl adjacent to an activating group) is 1. The van der Waals surface area contributed by atoms with Crippen LogP contribution in [0.3, 0.4) is 0 Å². The minimum absolute atomic E-state index is 0.834. The van der Waals surface area contributed by atoms with Crippen molar-refractivity contribution in [1.29, 1.82) is 0 Å². The molecule has 0 aliphatic heterocycles. The van der Waals surface area contributed by atoms with Gasteiger partial charge in [-0.3, -0.25) is 4.98 Å². The molecule has 3 nitrogen and oxygen atoms in total. The molecule has 1 fully saturated rings. The van der Waals surface area contributed by atoms with Gasteiger partial charge in [0.2, 0.25) is 0 Å². The summed E-state index contributed by atoms with van der Waals surface area (Å²) in [5, 5.41) is 4.72. The molecule has 94 valence electrons. The second-order valence-electron chi connectivity index (χ2n) is 5.01. The molecule has 3 heteroatoms. The van der Waals surface area contributed by atoms with Gasteiger partial charge in [0.15, 0.2) is 0 Å². The summed E-state index contributed by atoms with van der Waals surface area (Å²) in [4.78, 5) is 6.81. The number of pyridine rings is 1. The normalized spacial score (nSPS) is 15.2. The second-order valence-corrected chi connectivity index (χ2v) is 5.01. The van der Waals surface area contributed by atoms with Crippen LogP contribution in [0.5, 0.6) is 0 Å². The number of rotatable bonds is 5. The van der Waals surface area contributed by atoms with Crippen LogP contribution in [0.2, 0.25) is 0 Å². The molecule has 1 N–H and O–H groups in total. The fraction of sp³-hybridized carbons (Fsp3) is 0.400. The second kappa shape index (κ2) is 4.94. The van der Waals surface area contributed by atoms with Gasteiger partial charge in [0.1, 0.15) is 0 Å². The number of fused-ring (bicyclic) bond motifs is 1. The minimum atomic E-state index is 0.834. The predicted octanol–water partition coefficient (Wildman–Crippen LogP) is 2.74. The maximum absolute atomic E-state index is 4.37. The first kappa shape index (κ1) is 11.5.